The number of ether oxygens (including phenoxy) is 1. The van der Waals surface area contributed by atoms with E-state index in [2.05, 4.69) is 71.1 Å². The Hall–Kier alpha value is -4.01. The van der Waals surface area contributed by atoms with Gasteiger partial charge >= 0.3 is 6.01 Å². The number of halogens is 1. The van der Waals surface area contributed by atoms with Gasteiger partial charge in [0.25, 0.3) is 0 Å². The van der Waals surface area contributed by atoms with E-state index in [1.54, 1.807) is 4.90 Å². The second kappa shape index (κ2) is 13.5. The normalized spacial score (nSPS) is 21.3. The van der Waals surface area contributed by atoms with E-state index in [1.807, 2.05) is 0 Å². The Bertz CT molecular complexity index is 1620. The minimum absolute atomic E-state index is 0.246. The van der Waals surface area contributed by atoms with E-state index in [1.165, 1.54) is 34.2 Å². The third kappa shape index (κ3) is 6.40. The number of fused-ring (bicyclic) bond motifs is 2. The smallest absolute Gasteiger partial charge is 0.318 e. The first-order valence-corrected chi connectivity index (χ1v) is 17.2. The van der Waals surface area contributed by atoms with Crippen molar-refractivity contribution in [2.75, 3.05) is 62.9 Å². The Morgan fingerprint density at radius 1 is 1.18 bits per heavy atom. The van der Waals surface area contributed by atoms with Crippen molar-refractivity contribution in [1.82, 2.24) is 19.8 Å². The molecule has 1 amide bonds. The molecular formula is C34H42FN7O2Si. The number of likely N-dealkylation sites (tertiary alicyclic amines) is 1. The van der Waals surface area contributed by atoms with E-state index < -0.39 is 6.67 Å². The lowest BCUT2D eigenvalue weighted by molar-refractivity contribution is -0.128. The maximum Gasteiger partial charge on any atom is 0.318 e. The number of carbonyl (C=O) groups excluding carboxylic acids is 1. The predicted octanol–water partition coefficient (Wildman–Crippen LogP) is 3.19. The van der Waals surface area contributed by atoms with Crippen molar-refractivity contribution in [3.8, 4) is 12.1 Å². The third-order valence-electron chi connectivity index (χ3n) is 9.66. The Kier molecular flexibility index (Phi) is 9.33. The molecule has 0 spiro atoms. The van der Waals surface area contributed by atoms with Gasteiger partial charge in [0.05, 0.1) is 29.9 Å². The van der Waals surface area contributed by atoms with Gasteiger partial charge < -0.3 is 24.3 Å². The number of rotatable bonds is 8. The first kappa shape index (κ1) is 31.0. The molecule has 0 radical (unpaired) electrons. The molecule has 2 fully saturated rings. The molecule has 0 bridgehead atoms. The van der Waals surface area contributed by atoms with E-state index in [4.69, 9.17) is 14.7 Å². The molecule has 2 aromatic carbocycles. The number of piperazine rings is 1. The average Bonchev–Trinajstić information content (AvgIpc) is 3.49. The zero-order valence-electron chi connectivity index (χ0n) is 26.5. The fraction of sp³-hybridized carbons (Fsp3) is 0.471. The number of nitriles is 1. The highest BCUT2D eigenvalue weighted by Crippen LogP contribution is 2.36. The number of benzene rings is 2. The fourth-order valence-corrected chi connectivity index (χ4v) is 7.65. The fourth-order valence-electron chi connectivity index (χ4n) is 7.08. The van der Waals surface area contributed by atoms with Gasteiger partial charge in [-0.3, -0.25) is 4.79 Å². The predicted molar refractivity (Wildman–Crippen MR) is 179 cm³/mol. The van der Waals surface area contributed by atoms with Crippen molar-refractivity contribution >= 4 is 38.4 Å². The van der Waals surface area contributed by atoms with E-state index in [-0.39, 0.29) is 17.5 Å². The van der Waals surface area contributed by atoms with Crippen LogP contribution >= 0.6 is 0 Å². The van der Waals surface area contributed by atoms with E-state index >= 15 is 0 Å². The van der Waals surface area contributed by atoms with Crippen LogP contribution < -0.4 is 14.5 Å². The van der Waals surface area contributed by atoms with Gasteiger partial charge in [0.2, 0.25) is 5.91 Å². The minimum Gasteiger partial charge on any atom is -0.462 e. The number of hydrogen-bond donors (Lipinski definition) is 0. The number of allylic oxidation sites excluding steroid dienone is 1. The zero-order valence-corrected chi connectivity index (χ0v) is 28.5. The van der Waals surface area contributed by atoms with E-state index in [0.717, 1.165) is 49.4 Å². The molecule has 1 aromatic heterocycles. The Labute approximate surface area is 267 Å². The van der Waals surface area contributed by atoms with Crippen LogP contribution in [0.2, 0.25) is 5.54 Å². The van der Waals surface area contributed by atoms with Crippen LogP contribution in [-0.2, 0) is 17.8 Å². The van der Waals surface area contributed by atoms with Crippen molar-refractivity contribution in [1.29, 1.82) is 5.26 Å². The number of amides is 1. The molecule has 4 heterocycles. The lowest BCUT2D eigenvalue weighted by atomic mass is 9.99. The zero-order chi connectivity index (χ0) is 31.5. The number of nitrogens with zero attached hydrogens (tertiary/aromatic N) is 7. The van der Waals surface area contributed by atoms with E-state index in [9.17, 15) is 14.4 Å². The molecule has 0 saturated carbocycles. The highest BCUT2D eigenvalue weighted by Gasteiger charge is 2.36. The summed E-state index contributed by atoms with van der Waals surface area (Å²) in [5.41, 5.74) is 4.23. The molecule has 3 aliphatic rings. The van der Waals surface area contributed by atoms with Gasteiger partial charge in [-0.25, -0.2) is 4.39 Å². The average molecular weight is 628 g/mol. The van der Waals surface area contributed by atoms with Crippen molar-refractivity contribution in [2.45, 2.75) is 50.4 Å². The van der Waals surface area contributed by atoms with E-state index in [0.29, 0.717) is 55.1 Å². The number of aromatic nitrogens is 2. The second-order valence-corrected chi connectivity index (χ2v) is 13.7. The maximum atomic E-state index is 12.9. The van der Waals surface area contributed by atoms with Crippen LogP contribution in [0.25, 0.3) is 10.8 Å². The number of alkyl halides is 1. The summed E-state index contributed by atoms with van der Waals surface area (Å²) in [4.78, 5) is 31.6. The second-order valence-electron chi connectivity index (χ2n) is 12.5. The lowest BCUT2D eigenvalue weighted by Gasteiger charge is -2.44. The van der Waals surface area contributed by atoms with Crippen molar-refractivity contribution < 1.29 is 13.9 Å². The maximum absolute atomic E-state index is 12.9. The molecule has 3 aromatic rings. The van der Waals surface area contributed by atoms with Crippen molar-refractivity contribution in [3.63, 3.8) is 0 Å². The van der Waals surface area contributed by atoms with Crippen LogP contribution in [0.3, 0.4) is 0 Å². The van der Waals surface area contributed by atoms with Gasteiger partial charge in [0.1, 0.15) is 19.1 Å². The summed E-state index contributed by atoms with van der Waals surface area (Å²) in [6, 6.07) is 15.7. The number of anilines is 2. The molecule has 0 N–H and O–H groups in total. The van der Waals surface area contributed by atoms with Crippen LogP contribution in [0.5, 0.6) is 6.01 Å². The number of likely N-dealkylation sites (N-methyl/N-ethyl adjacent to an activating group) is 1. The molecule has 3 atom stereocenters. The molecule has 45 heavy (non-hydrogen) atoms. The molecule has 9 nitrogen and oxygen atoms in total. The Morgan fingerprint density at radius 2 is 2.00 bits per heavy atom. The largest absolute Gasteiger partial charge is 0.462 e. The molecule has 236 valence electrons. The van der Waals surface area contributed by atoms with Gasteiger partial charge in [0, 0.05) is 65.2 Å². The molecule has 2 saturated heterocycles. The Balaban J connectivity index is 1.34. The summed E-state index contributed by atoms with van der Waals surface area (Å²) >= 11 is 0. The molecule has 3 aliphatic heterocycles. The standard InChI is InChI=1S/C34H42FN7O2Si/c1-23-7-3-8-24-9-4-11-28(32(23)24)40-16-13-26-27(20-40)37-34(44-22-25-10-6-15-39(25)2)38-33(26)41-17-18-42(31(43)12-5-14-35)29(21-41)30(45)19-36/h3-5,7-9,11-12,25,29-30H,6,10,13-18,20-22H2,1-2,45H3/b12-5+/t25-,29-,30+/m1/s1. The van der Waals surface area contributed by atoms with Gasteiger partial charge in [-0.1, -0.05) is 30.3 Å². The summed E-state index contributed by atoms with van der Waals surface area (Å²) in [6.45, 7) is 6.00. The summed E-state index contributed by atoms with van der Waals surface area (Å²) in [7, 11) is 2.74. The number of aryl methyl sites for hydroxylation is 1. The van der Waals surface area contributed by atoms with Crippen LogP contribution in [0, 0.1) is 18.3 Å². The number of hydrogen-bond acceptors (Lipinski definition) is 8. The third-order valence-corrected chi connectivity index (χ3v) is 10.7. The summed E-state index contributed by atoms with van der Waals surface area (Å²) in [6.07, 6.45) is 5.54. The summed E-state index contributed by atoms with van der Waals surface area (Å²) < 4.78 is 19.1. The highest BCUT2D eigenvalue weighted by atomic mass is 28.1. The SMILES string of the molecule is Cc1cccc2cccc(N3CCc4c(nc(OC[C@H]5CCCN5C)nc4N4CCN(C(=O)/C=C/CF)[C@@H]([C@@H]([SiH3])C#N)C4)C3)c12. The van der Waals surface area contributed by atoms with Crippen molar-refractivity contribution in [2.24, 2.45) is 0 Å². The van der Waals surface area contributed by atoms with Crippen molar-refractivity contribution in [3.05, 3.63) is 65.4 Å². The highest BCUT2D eigenvalue weighted by molar-refractivity contribution is 6.14. The van der Waals surface area contributed by atoms with Crippen LogP contribution in [0.1, 0.15) is 29.7 Å². The Morgan fingerprint density at radius 3 is 2.76 bits per heavy atom. The molecule has 11 heteroatoms. The van der Waals surface area contributed by atoms with Gasteiger partial charge in [-0.2, -0.15) is 15.2 Å². The topological polar surface area (TPSA) is 88.8 Å². The monoisotopic (exact) mass is 627 g/mol. The first-order valence-electron chi connectivity index (χ1n) is 16.0. The lowest BCUT2D eigenvalue weighted by Crippen LogP contribution is -2.57. The molecule has 0 unspecified atom stereocenters. The molecule has 0 aliphatic carbocycles. The van der Waals surface area contributed by atoms with Gasteiger partial charge in [-0.15, -0.1) is 0 Å². The van der Waals surface area contributed by atoms with Crippen LogP contribution in [0.4, 0.5) is 15.9 Å². The summed E-state index contributed by atoms with van der Waals surface area (Å²) in [5, 5.41) is 12.4. The first-order chi connectivity index (χ1) is 21.9. The van der Waals surface area contributed by atoms with Gasteiger partial charge in [-0.05, 0) is 62.9 Å². The quantitative estimate of drug-likeness (QED) is 0.278. The number of carbonyl (C=O) groups is 1. The molecular weight excluding hydrogens is 586 g/mol. The van der Waals surface area contributed by atoms with Crippen LogP contribution in [0.15, 0.2) is 48.6 Å². The minimum atomic E-state index is -0.694. The van der Waals surface area contributed by atoms with Gasteiger partial charge in [0.15, 0.2) is 0 Å². The molecule has 6 rings (SSSR count). The summed E-state index contributed by atoms with van der Waals surface area (Å²) in [5.74, 6) is 0.593. The van der Waals surface area contributed by atoms with Crippen LogP contribution in [-0.4, -0.2) is 101 Å².